The molecule has 29 heavy (non-hydrogen) atoms. The molecule has 0 radical (unpaired) electrons. The number of ether oxygens (including phenoxy) is 2. The lowest BCUT2D eigenvalue weighted by Crippen LogP contribution is -2.42. The lowest BCUT2D eigenvalue weighted by Gasteiger charge is -2.31. The predicted octanol–water partition coefficient (Wildman–Crippen LogP) is 3.63. The van der Waals surface area contributed by atoms with Gasteiger partial charge in [-0.2, -0.15) is 5.10 Å². The summed E-state index contributed by atoms with van der Waals surface area (Å²) in [7, 11) is 0. The van der Waals surface area contributed by atoms with Crippen molar-refractivity contribution in [2.75, 3.05) is 18.4 Å². The summed E-state index contributed by atoms with van der Waals surface area (Å²) in [6.07, 6.45) is 2.55. The smallest absolute Gasteiger partial charge is 0.410 e. The highest BCUT2D eigenvalue weighted by atomic mass is 16.6. The van der Waals surface area contributed by atoms with Crippen LogP contribution in [0.3, 0.4) is 0 Å². The van der Waals surface area contributed by atoms with E-state index in [1.54, 1.807) is 11.0 Å². The molecule has 0 spiro atoms. The SMILES string of the molecule is CC(C)OC(=O)N1CCC(Oc2cc(Nc3cc(C(C)(C)C)[nH]n3)ncn2)CC1. The van der Waals surface area contributed by atoms with Crippen LogP contribution in [-0.4, -0.2) is 56.5 Å². The van der Waals surface area contributed by atoms with Crippen LogP contribution in [0.1, 0.15) is 53.2 Å². The van der Waals surface area contributed by atoms with E-state index in [-0.39, 0.29) is 23.7 Å². The molecule has 0 aliphatic carbocycles. The van der Waals surface area contributed by atoms with E-state index in [0.29, 0.717) is 30.6 Å². The van der Waals surface area contributed by atoms with E-state index < -0.39 is 0 Å². The number of hydrogen-bond donors (Lipinski definition) is 2. The number of nitrogens with zero attached hydrogens (tertiary/aromatic N) is 4. The molecule has 0 atom stereocenters. The number of carbonyl (C=O) groups is 1. The fourth-order valence-electron chi connectivity index (χ4n) is 2.98. The normalized spacial score (nSPS) is 15.4. The Balaban J connectivity index is 1.54. The third-order valence-electron chi connectivity index (χ3n) is 4.61. The van der Waals surface area contributed by atoms with Crippen molar-refractivity contribution in [3.05, 3.63) is 24.2 Å². The number of nitrogens with one attached hydrogen (secondary N) is 2. The minimum atomic E-state index is -0.263. The van der Waals surface area contributed by atoms with Gasteiger partial charge in [-0.05, 0) is 13.8 Å². The molecule has 1 aliphatic heterocycles. The van der Waals surface area contributed by atoms with Crippen molar-refractivity contribution in [1.29, 1.82) is 0 Å². The summed E-state index contributed by atoms with van der Waals surface area (Å²) in [5, 5.41) is 10.5. The Bertz CT molecular complexity index is 822. The summed E-state index contributed by atoms with van der Waals surface area (Å²) >= 11 is 0. The molecule has 3 rings (SSSR count). The van der Waals surface area contributed by atoms with Gasteiger partial charge in [-0.25, -0.2) is 14.8 Å². The van der Waals surface area contributed by atoms with E-state index in [1.165, 1.54) is 6.33 Å². The molecule has 2 aromatic heterocycles. The number of piperidine rings is 1. The molecule has 158 valence electrons. The Kier molecular flexibility index (Phi) is 6.24. The van der Waals surface area contributed by atoms with E-state index in [0.717, 1.165) is 18.5 Å². The van der Waals surface area contributed by atoms with Gasteiger partial charge < -0.3 is 19.7 Å². The number of H-pyrrole nitrogens is 1. The van der Waals surface area contributed by atoms with Crippen LogP contribution in [-0.2, 0) is 10.2 Å². The maximum Gasteiger partial charge on any atom is 0.410 e. The van der Waals surface area contributed by atoms with Crippen molar-refractivity contribution >= 4 is 17.7 Å². The molecule has 2 N–H and O–H groups in total. The molecule has 9 heteroatoms. The highest BCUT2D eigenvalue weighted by Gasteiger charge is 2.25. The average Bonchev–Trinajstić information content (AvgIpc) is 3.11. The van der Waals surface area contributed by atoms with Crippen LogP contribution in [0.25, 0.3) is 0 Å². The van der Waals surface area contributed by atoms with E-state index in [1.807, 2.05) is 19.9 Å². The monoisotopic (exact) mass is 402 g/mol. The number of aromatic nitrogens is 4. The first-order valence-electron chi connectivity index (χ1n) is 9.98. The minimum absolute atomic E-state index is 0.00118. The topological polar surface area (TPSA) is 105 Å². The van der Waals surface area contributed by atoms with Gasteiger partial charge in [0.15, 0.2) is 5.82 Å². The summed E-state index contributed by atoms with van der Waals surface area (Å²) in [6.45, 7) is 11.3. The Morgan fingerprint density at radius 3 is 2.55 bits per heavy atom. The van der Waals surface area contributed by atoms with Gasteiger partial charge in [-0.15, -0.1) is 0 Å². The van der Waals surface area contributed by atoms with E-state index in [9.17, 15) is 4.79 Å². The van der Waals surface area contributed by atoms with E-state index >= 15 is 0 Å². The van der Waals surface area contributed by atoms with Crippen molar-refractivity contribution in [3.8, 4) is 5.88 Å². The Hall–Kier alpha value is -2.84. The van der Waals surface area contributed by atoms with Crippen LogP contribution in [0.15, 0.2) is 18.5 Å². The second-order valence-corrected chi connectivity index (χ2v) is 8.52. The van der Waals surface area contributed by atoms with Gasteiger partial charge in [0.05, 0.1) is 6.10 Å². The first-order valence-corrected chi connectivity index (χ1v) is 9.98. The van der Waals surface area contributed by atoms with Gasteiger partial charge in [-0.1, -0.05) is 20.8 Å². The summed E-state index contributed by atoms with van der Waals surface area (Å²) < 4.78 is 11.3. The van der Waals surface area contributed by atoms with Crippen LogP contribution >= 0.6 is 0 Å². The van der Waals surface area contributed by atoms with Gasteiger partial charge in [-0.3, -0.25) is 5.10 Å². The number of anilines is 2. The fraction of sp³-hybridized carbons (Fsp3) is 0.600. The third kappa shape index (κ3) is 5.82. The highest BCUT2D eigenvalue weighted by Crippen LogP contribution is 2.24. The number of likely N-dealkylation sites (tertiary alicyclic amines) is 1. The van der Waals surface area contributed by atoms with Crippen molar-refractivity contribution in [1.82, 2.24) is 25.1 Å². The quantitative estimate of drug-likeness (QED) is 0.787. The van der Waals surface area contributed by atoms with Crippen molar-refractivity contribution < 1.29 is 14.3 Å². The van der Waals surface area contributed by atoms with Gasteiger partial charge in [0.2, 0.25) is 5.88 Å². The highest BCUT2D eigenvalue weighted by molar-refractivity contribution is 5.67. The molecule has 0 unspecified atom stereocenters. The third-order valence-corrected chi connectivity index (χ3v) is 4.61. The van der Waals surface area contributed by atoms with Gasteiger partial charge in [0.1, 0.15) is 18.2 Å². The predicted molar refractivity (Wildman–Crippen MR) is 109 cm³/mol. The number of carbonyl (C=O) groups excluding carboxylic acids is 1. The molecule has 3 heterocycles. The number of rotatable bonds is 5. The zero-order chi connectivity index (χ0) is 21.0. The molecule has 1 saturated heterocycles. The van der Waals surface area contributed by atoms with Crippen LogP contribution in [0, 0.1) is 0 Å². The van der Waals surface area contributed by atoms with Gasteiger partial charge in [0.25, 0.3) is 0 Å². The van der Waals surface area contributed by atoms with E-state index in [4.69, 9.17) is 9.47 Å². The van der Waals surface area contributed by atoms with Gasteiger partial charge >= 0.3 is 6.09 Å². The largest absolute Gasteiger partial charge is 0.474 e. The Morgan fingerprint density at radius 1 is 1.21 bits per heavy atom. The Labute approximate surface area is 171 Å². The minimum Gasteiger partial charge on any atom is -0.474 e. The second-order valence-electron chi connectivity index (χ2n) is 8.52. The maximum absolute atomic E-state index is 12.0. The molecule has 0 saturated carbocycles. The van der Waals surface area contributed by atoms with Crippen molar-refractivity contribution in [2.24, 2.45) is 0 Å². The molecule has 1 aliphatic rings. The van der Waals surface area contributed by atoms with Crippen molar-refractivity contribution in [3.63, 3.8) is 0 Å². The first kappa shape index (κ1) is 20.9. The first-order chi connectivity index (χ1) is 13.7. The fourth-order valence-corrected chi connectivity index (χ4v) is 2.98. The molecule has 1 fully saturated rings. The van der Waals surface area contributed by atoms with E-state index in [2.05, 4.69) is 46.3 Å². The number of amides is 1. The maximum atomic E-state index is 12.0. The van der Waals surface area contributed by atoms with Crippen LogP contribution in [0.5, 0.6) is 5.88 Å². The summed E-state index contributed by atoms with van der Waals surface area (Å²) in [4.78, 5) is 22.1. The second kappa shape index (κ2) is 8.67. The lowest BCUT2D eigenvalue weighted by molar-refractivity contribution is 0.0507. The molecular formula is C20H30N6O3. The van der Waals surface area contributed by atoms with Crippen LogP contribution < -0.4 is 10.1 Å². The van der Waals surface area contributed by atoms with Crippen LogP contribution in [0.2, 0.25) is 0 Å². The summed E-state index contributed by atoms with van der Waals surface area (Å²) in [6, 6.07) is 3.72. The zero-order valence-electron chi connectivity index (χ0n) is 17.7. The van der Waals surface area contributed by atoms with Crippen LogP contribution in [0.4, 0.5) is 16.4 Å². The molecular weight excluding hydrogens is 372 g/mol. The molecule has 2 aromatic rings. The summed E-state index contributed by atoms with van der Waals surface area (Å²) in [5.74, 6) is 1.80. The van der Waals surface area contributed by atoms with Crippen molar-refractivity contribution in [2.45, 2.75) is 65.1 Å². The number of hydrogen-bond acceptors (Lipinski definition) is 7. The lowest BCUT2D eigenvalue weighted by atomic mass is 9.92. The average molecular weight is 402 g/mol. The van der Waals surface area contributed by atoms with Gasteiger partial charge in [0, 0.05) is 49.2 Å². The molecule has 0 bridgehead atoms. The molecule has 0 aromatic carbocycles. The number of aromatic amines is 1. The standard InChI is InChI=1S/C20H30N6O3/c1-13(2)28-19(27)26-8-6-14(7-9-26)29-18-11-16(21-12-22-18)23-17-10-15(24-25-17)20(3,4)5/h10-14H,6-9H2,1-5H3,(H2,21,22,23,24,25). The Morgan fingerprint density at radius 2 is 1.93 bits per heavy atom. The molecule has 1 amide bonds. The molecule has 9 nitrogen and oxygen atoms in total. The summed E-state index contributed by atoms with van der Waals surface area (Å²) in [5.41, 5.74) is 1.02. The zero-order valence-corrected chi connectivity index (χ0v) is 17.7.